The molecule has 3 heterocycles. The molecule has 142 valence electrons. The molecule has 0 aliphatic carbocycles. The summed E-state index contributed by atoms with van der Waals surface area (Å²) in [6.45, 7) is 0. The zero-order chi connectivity index (χ0) is 19.5. The fraction of sp³-hybridized carbons (Fsp3) is 0.412. The predicted molar refractivity (Wildman–Crippen MR) is 105 cm³/mol. The van der Waals surface area contributed by atoms with E-state index in [4.69, 9.17) is 4.74 Å². The molecule has 0 spiro atoms. The number of fused-ring (bicyclic) bond motifs is 2. The molecule has 0 N–H and O–H groups in total. The van der Waals surface area contributed by atoms with Gasteiger partial charge >= 0.3 is 5.97 Å². The van der Waals surface area contributed by atoms with Crippen LogP contribution in [0.5, 0.6) is 0 Å². The Balaban J connectivity index is 1.67. The number of hydrogen-bond acceptors (Lipinski definition) is 6. The molecule has 2 fully saturated rings. The molecule has 3 aliphatic heterocycles. The molecule has 27 heavy (non-hydrogen) atoms. The lowest BCUT2D eigenvalue weighted by atomic mass is 9.93. The average molecular weight is 518 g/mol. The van der Waals surface area contributed by atoms with Gasteiger partial charge in [0.15, 0.2) is 0 Å². The number of rotatable bonds is 3. The topological polar surface area (TPSA) is 84.0 Å². The maximum Gasteiger partial charge on any atom is 0.330 e. The van der Waals surface area contributed by atoms with E-state index in [2.05, 4.69) is 31.9 Å². The minimum Gasteiger partial charge on any atom is -0.467 e. The van der Waals surface area contributed by atoms with Crippen LogP contribution in [0.4, 0.5) is 0 Å². The number of benzene rings is 1. The van der Waals surface area contributed by atoms with Crippen LogP contribution in [0.2, 0.25) is 0 Å². The Bertz CT molecular complexity index is 846. The molecule has 3 amide bonds. The van der Waals surface area contributed by atoms with Crippen molar-refractivity contribution in [3.8, 4) is 0 Å². The van der Waals surface area contributed by atoms with Crippen molar-refractivity contribution in [2.75, 3.05) is 18.2 Å². The Morgan fingerprint density at radius 3 is 2.37 bits per heavy atom. The maximum atomic E-state index is 13.0. The molecule has 0 aromatic heterocycles. The third-order valence-corrected chi connectivity index (χ3v) is 9.69. The van der Waals surface area contributed by atoms with Crippen LogP contribution < -0.4 is 0 Å². The molecule has 3 aliphatic rings. The molecule has 1 aromatic carbocycles. The van der Waals surface area contributed by atoms with Gasteiger partial charge in [0, 0.05) is 11.1 Å². The lowest BCUT2D eigenvalue weighted by Crippen LogP contribution is -2.79. The van der Waals surface area contributed by atoms with Crippen LogP contribution in [0.25, 0.3) is 0 Å². The number of amides is 3. The van der Waals surface area contributed by atoms with Gasteiger partial charge in [-0.05, 0) is 12.1 Å². The van der Waals surface area contributed by atoms with Crippen molar-refractivity contribution in [3.05, 3.63) is 35.4 Å². The Labute approximate surface area is 176 Å². The van der Waals surface area contributed by atoms with Crippen LogP contribution in [0.15, 0.2) is 24.3 Å². The van der Waals surface area contributed by atoms with E-state index in [9.17, 15) is 19.2 Å². The zero-order valence-electron chi connectivity index (χ0n) is 14.1. The highest BCUT2D eigenvalue weighted by atomic mass is 79.9. The van der Waals surface area contributed by atoms with Crippen molar-refractivity contribution in [2.24, 2.45) is 0 Å². The third-order valence-electron chi connectivity index (χ3n) is 5.06. The maximum absolute atomic E-state index is 13.0. The van der Waals surface area contributed by atoms with Crippen LogP contribution in [0.3, 0.4) is 0 Å². The second-order valence-electron chi connectivity index (χ2n) is 6.51. The standard InChI is InChI=1S/C17H14Br2N2O5S/c1-26-16(25)11-17(19,6-18)7-27-15-10(14(24)21(11)15)20-12(22)8-4-2-3-5-9(8)13(20)23/h2-5,10-11,15H,6-7H2,1H3/t10-,11+,15-,17+/m1/s1. The van der Waals surface area contributed by atoms with Crippen molar-refractivity contribution in [1.29, 1.82) is 0 Å². The van der Waals surface area contributed by atoms with E-state index in [0.717, 1.165) is 4.90 Å². The van der Waals surface area contributed by atoms with E-state index < -0.39 is 45.5 Å². The van der Waals surface area contributed by atoms with Gasteiger partial charge in [-0.2, -0.15) is 0 Å². The summed E-state index contributed by atoms with van der Waals surface area (Å²) >= 11 is 8.40. The van der Waals surface area contributed by atoms with Crippen LogP contribution in [0, 0.1) is 0 Å². The summed E-state index contributed by atoms with van der Waals surface area (Å²) in [7, 11) is 1.27. The van der Waals surface area contributed by atoms with Crippen LogP contribution in [-0.4, -0.2) is 73.5 Å². The van der Waals surface area contributed by atoms with Gasteiger partial charge in [0.2, 0.25) is 0 Å². The molecule has 4 rings (SSSR count). The number of esters is 1. The molecule has 0 bridgehead atoms. The van der Waals surface area contributed by atoms with E-state index in [-0.39, 0.29) is 0 Å². The first-order chi connectivity index (χ1) is 12.9. The van der Waals surface area contributed by atoms with E-state index in [1.165, 1.54) is 23.8 Å². The number of alkyl halides is 2. The Morgan fingerprint density at radius 2 is 1.85 bits per heavy atom. The van der Waals surface area contributed by atoms with Crippen molar-refractivity contribution >= 4 is 67.3 Å². The summed E-state index contributed by atoms with van der Waals surface area (Å²) in [6, 6.07) is 4.76. The number of carbonyl (C=O) groups is 4. The van der Waals surface area contributed by atoms with Crippen molar-refractivity contribution in [1.82, 2.24) is 9.80 Å². The number of methoxy groups -OCH3 is 1. The number of ether oxygens (including phenoxy) is 1. The largest absolute Gasteiger partial charge is 0.467 e. The first-order valence-electron chi connectivity index (χ1n) is 8.09. The molecule has 0 unspecified atom stereocenters. The summed E-state index contributed by atoms with van der Waals surface area (Å²) in [5.74, 6) is -1.40. The summed E-state index contributed by atoms with van der Waals surface area (Å²) in [5, 5.41) is -0.0467. The molecule has 2 saturated heterocycles. The van der Waals surface area contributed by atoms with Gasteiger partial charge in [0.05, 0.1) is 22.6 Å². The Hall–Kier alpha value is -1.39. The highest BCUT2D eigenvalue weighted by molar-refractivity contribution is 9.12. The summed E-state index contributed by atoms with van der Waals surface area (Å²) in [4.78, 5) is 53.3. The molecule has 7 nitrogen and oxygen atoms in total. The molecule has 10 heteroatoms. The van der Waals surface area contributed by atoms with Gasteiger partial charge in [0.25, 0.3) is 17.7 Å². The van der Waals surface area contributed by atoms with Crippen LogP contribution in [-0.2, 0) is 14.3 Å². The predicted octanol–water partition coefficient (Wildman–Crippen LogP) is 1.64. The second kappa shape index (κ2) is 6.59. The van der Waals surface area contributed by atoms with Gasteiger partial charge in [-0.3, -0.25) is 19.3 Å². The van der Waals surface area contributed by atoms with Crippen molar-refractivity contribution in [3.63, 3.8) is 0 Å². The second-order valence-corrected chi connectivity index (χ2v) is 9.76. The highest BCUT2D eigenvalue weighted by Crippen LogP contribution is 2.49. The number of hydrogen-bond donors (Lipinski definition) is 0. The van der Waals surface area contributed by atoms with E-state index in [1.54, 1.807) is 24.3 Å². The SMILES string of the molecule is COC(=O)[C@@H]1N2C(=O)[C@@H](N3C(=O)c4ccccc4C3=O)[C@H]2SC[C@@]1(Br)CBr. The fourth-order valence-electron chi connectivity index (χ4n) is 3.71. The molecule has 4 atom stereocenters. The minimum absolute atomic E-state index is 0.300. The lowest BCUT2D eigenvalue weighted by molar-refractivity contribution is -0.167. The number of β-lactam (4-membered cyclic amide) rings is 1. The normalized spacial score (nSPS) is 32.1. The van der Waals surface area contributed by atoms with E-state index in [0.29, 0.717) is 22.2 Å². The molecule has 1 aromatic rings. The molecule has 0 radical (unpaired) electrons. The molecular weight excluding hydrogens is 504 g/mol. The summed E-state index contributed by atoms with van der Waals surface area (Å²) < 4.78 is 4.21. The van der Waals surface area contributed by atoms with Gasteiger partial charge < -0.3 is 9.64 Å². The van der Waals surface area contributed by atoms with Crippen LogP contribution >= 0.6 is 43.6 Å². The highest BCUT2D eigenvalue weighted by Gasteiger charge is 2.65. The number of imide groups is 1. The van der Waals surface area contributed by atoms with Crippen LogP contribution in [0.1, 0.15) is 20.7 Å². The minimum atomic E-state index is -0.915. The van der Waals surface area contributed by atoms with Gasteiger partial charge in [-0.25, -0.2) is 4.79 Å². The first-order valence-corrected chi connectivity index (χ1v) is 11.1. The number of nitrogens with zero attached hydrogens (tertiary/aromatic N) is 2. The average Bonchev–Trinajstić information content (AvgIpc) is 2.93. The van der Waals surface area contributed by atoms with Crippen molar-refractivity contribution < 1.29 is 23.9 Å². The number of thioether (sulfide) groups is 1. The third kappa shape index (κ3) is 2.52. The molecular formula is C17H14Br2N2O5S. The van der Waals surface area contributed by atoms with Gasteiger partial charge in [-0.15, -0.1) is 11.8 Å². The van der Waals surface area contributed by atoms with Gasteiger partial charge in [-0.1, -0.05) is 44.0 Å². The smallest absolute Gasteiger partial charge is 0.330 e. The van der Waals surface area contributed by atoms with E-state index >= 15 is 0 Å². The number of halogens is 2. The zero-order valence-corrected chi connectivity index (χ0v) is 18.0. The Kier molecular flexibility index (Phi) is 4.63. The summed E-state index contributed by atoms with van der Waals surface area (Å²) in [5.41, 5.74) is 0.601. The molecule has 0 saturated carbocycles. The van der Waals surface area contributed by atoms with Gasteiger partial charge in [0.1, 0.15) is 17.5 Å². The van der Waals surface area contributed by atoms with Crippen molar-refractivity contribution in [2.45, 2.75) is 21.8 Å². The fourth-order valence-corrected chi connectivity index (χ4v) is 6.80. The number of carbonyl (C=O) groups excluding carboxylic acids is 4. The monoisotopic (exact) mass is 516 g/mol. The Morgan fingerprint density at radius 1 is 1.26 bits per heavy atom. The lowest BCUT2D eigenvalue weighted by Gasteiger charge is -2.58. The first kappa shape index (κ1) is 18.9. The van der Waals surface area contributed by atoms with E-state index in [1.807, 2.05) is 0 Å². The summed E-state index contributed by atoms with van der Waals surface area (Å²) in [6.07, 6.45) is 0. The quantitative estimate of drug-likeness (QED) is 0.262.